The highest BCUT2D eigenvalue weighted by atomic mass is 32.2. The van der Waals surface area contributed by atoms with Crippen molar-refractivity contribution in [2.24, 2.45) is 5.73 Å². The molecule has 0 spiro atoms. The summed E-state index contributed by atoms with van der Waals surface area (Å²) in [5, 5.41) is 1.50. The van der Waals surface area contributed by atoms with E-state index < -0.39 is 0 Å². The summed E-state index contributed by atoms with van der Waals surface area (Å²) in [4.78, 5) is 8.82. The second kappa shape index (κ2) is 5.03. The van der Waals surface area contributed by atoms with E-state index in [-0.39, 0.29) is 0 Å². The Morgan fingerprint density at radius 1 is 1.32 bits per heavy atom. The van der Waals surface area contributed by atoms with E-state index in [4.69, 9.17) is 10.2 Å². The largest absolute Gasteiger partial charge is 0.431 e. The van der Waals surface area contributed by atoms with E-state index in [1.165, 1.54) is 11.8 Å². The fraction of sp³-hybridized carbons (Fsp3) is 0.143. The summed E-state index contributed by atoms with van der Waals surface area (Å²) in [6.07, 6.45) is 1.79. The Morgan fingerprint density at radius 2 is 2.16 bits per heavy atom. The predicted molar refractivity (Wildman–Crippen MR) is 75.0 cm³/mol. The van der Waals surface area contributed by atoms with E-state index in [1.54, 1.807) is 6.20 Å². The van der Waals surface area contributed by atoms with Gasteiger partial charge in [-0.2, -0.15) is 0 Å². The van der Waals surface area contributed by atoms with E-state index in [0.29, 0.717) is 11.8 Å². The summed E-state index contributed by atoms with van der Waals surface area (Å²) in [5.74, 6) is 0. The van der Waals surface area contributed by atoms with E-state index in [0.717, 1.165) is 27.3 Å². The third kappa shape index (κ3) is 2.47. The number of aromatic nitrogens is 2. The lowest BCUT2D eigenvalue weighted by Crippen LogP contribution is -1.98. The van der Waals surface area contributed by atoms with Gasteiger partial charge < -0.3 is 10.2 Å². The summed E-state index contributed by atoms with van der Waals surface area (Å²) in [6, 6.07) is 9.75. The molecule has 0 saturated heterocycles. The first-order chi connectivity index (χ1) is 9.26. The van der Waals surface area contributed by atoms with Crippen LogP contribution in [0.2, 0.25) is 0 Å². The summed E-state index contributed by atoms with van der Waals surface area (Å²) in [6.45, 7) is 2.51. The molecule has 5 heteroatoms. The fourth-order valence-corrected chi connectivity index (χ4v) is 2.58. The zero-order valence-electron chi connectivity index (χ0n) is 10.5. The molecule has 96 valence electrons. The molecule has 0 amide bonds. The molecule has 2 heterocycles. The molecule has 19 heavy (non-hydrogen) atoms. The molecule has 4 nitrogen and oxygen atoms in total. The average Bonchev–Trinajstić information content (AvgIpc) is 2.83. The van der Waals surface area contributed by atoms with Crippen LogP contribution in [-0.2, 0) is 6.54 Å². The number of benzene rings is 1. The van der Waals surface area contributed by atoms with Gasteiger partial charge in [-0.05, 0) is 41.9 Å². The molecular weight excluding hydrogens is 258 g/mol. The zero-order valence-corrected chi connectivity index (χ0v) is 11.3. The van der Waals surface area contributed by atoms with Crippen LogP contribution in [0.25, 0.3) is 11.1 Å². The molecule has 1 aromatic carbocycles. The van der Waals surface area contributed by atoms with Gasteiger partial charge >= 0.3 is 0 Å². The number of aryl methyl sites for hydroxylation is 1. The van der Waals surface area contributed by atoms with Crippen molar-refractivity contribution in [3.63, 3.8) is 0 Å². The average molecular weight is 271 g/mol. The van der Waals surface area contributed by atoms with Crippen LogP contribution in [0.15, 0.2) is 51.2 Å². The number of oxazole rings is 1. The standard InChI is InChI=1S/C14H13N3OS/c1-9-6-10(7-15)8-16-13(9)19-14-17-11-4-2-3-5-12(11)18-14/h2-6,8H,7,15H2,1H3. The van der Waals surface area contributed by atoms with E-state index in [1.807, 2.05) is 37.3 Å². The Balaban J connectivity index is 1.92. The van der Waals surface area contributed by atoms with Crippen LogP contribution in [0, 0.1) is 6.92 Å². The molecule has 2 aromatic heterocycles. The summed E-state index contributed by atoms with van der Waals surface area (Å²) < 4.78 is 5.67. The highest BCUT2D eigenvalue weighted by molar-refractivity contribution is 7.99. The molecule has 0 fully saturated rings. The fourth-order valence-electron chi connectivity index (χ4n) is 1.82. The quantitative estimate of drug-likeness (QED) is 0.792. The Bertz CT molecular complexity index is 691. The lowest BCUT2D eigenvalue weighted by Gasteiger charge is -2.03. The van der Waals surface area contributed by atoms with Crippen molar-refractivity contribution < 1.29 is 4.42 Å². The number of rotatable bonds is 3. The van der Waals surface area contributed by atoms with Gasteiger partial charge in [0.1, 0.15) is 10.5 Å². The maximum Gasteiger partial charge on any atom is 0.263 e. The Hall–Kier alpha value is -1.85. The molecule has 3 aromatic rings. The number of para-hydroxylation sites is 2. The first-order valence-electron chi connectivity index (χ1n) is 5.95. The lowest BCUT2D eigenvalue weighted by atomic mass is 10.2. The van der Waals surface area contributed by atoms with Crippen molar-refractivity contribution in [2.75, 3.05) is 0 Å². The monoisotopic (exact) mass is 271 g/mol. The second-order valence-electron chi connectivity index (χ2n) is 4.22. The lowest BCUT2D eigenvalue weighted by molar-refractivity contribution is 0.489. The smallest absolute Gasteiger partial charge is 0.263 e. The first-order valence-corrected chi connectivity index (χ1v) is 6.77. The Kier molecular flexibility index (Phi) is 3.23. The van der Waals surface area contributed by atoms with Crippen molar-refractivity contribution in [1.82, 2.24) is 9.97 Å². The molecule has 0 aliphatic rings. The molecular formula is C14H13N3OS. The van der Waals surface area contributed by atoms with Crippen molar-refractivity contribution in [3.8, 4) is 0 Å². The van der Waals surface area contributed by atoms with Gasteiger partial charge in [-0.1, -0.05) is 18.2 Å². The first kappa shape index (κ1) is 12.2. The van der Waals surface area contributed by atoms with Gasteiger partial charge in [0.25, 0.3) is 5.22 Å². The minimum atomic E-state index is 0.502. The molecule has 0 bridgehead atoms. The molecule has 3 rings (SSSR count). The minimum Gasteiger partial charge on any atom is -0.431 e. The maximum absolute atomic E-state index is 5.67. The normalized spacial score (nSPS) is 11.1. The minimum absolute atomic E-state index is 0.502. The predicted octanol–water partition coefficient (Wildman–Crippen LogP) is 3.14. The number of fused-ring (bicyclic) bond motifs is 1. The van der Waals surface area contributed by atoms with Crippen LogP contribution in [0.3, 0.4) is 0 Å². The number of nitrogens with two attached hydrogens (primary N) is 1. The number of hydrogen-bond donors (Lipinski definition) is 1. The van der Waals surface area contributed by atoms with E-state index >= 15 is 0 Å². The zero-order chi connectivity index (χ0) is 13.2. The summed E-state index contributed by atoms with van der Waals surface area (Å²) in [5.41, 5.74) is 9.36. The molecule has 2 N–H and O–H groups in total. The summed E-state index contributed by atoms with van der Waals surface area (Å²) >= 11 is 1.43. The van der Waals surface area contributed by atoms with E-state index in [2.05, 4.69) is 9.97 Å². The number of nitrogens with zero attached hydrogens (tertiary/aromatic N) is 2. The van der Waals surface area contributed by atoms with Gasteiger partial charge in [-0.15, -0.1) is 0 Å². The Morgan fingerprint density at radius 3 is 2.89 bits per heavy atom. The number of pyridine rings is 1. The van der Waals surface area contributed by atoms with E-state index in [9.17, 15) is 0 Å². The Labute approximate surface area is 115 Å². The van der Waals surface area contributed by atoms with Crippen LogP contribution in [0.1, 0.15) is 11.1 Å². The van der Waals surface area contributed by atoms with Gasteiger partial charge in [0.05, 0.1) is 0 Å². The van der Waals surface area contributed by atoms with Crippen LogP contribution in [-0.4, -0.2) is 9.97 Å². The summed E-state index contributed by atoms with van der Waals surface area (Å²) in [7, 11) is 0. The molecule has 0 saturated carbocycles. The highest BCUT2D eigenvalue weighted by Gasteiger charge is 2.10. The van der Waals surface area contributed by atoms with Crippen LogP contribution >= 0.6 is 11.8 Å². The molecule has 0 aliphatic carbocycles. The maximum atomic E-state index is 5.67. The highest BCUT2D eigenvalue weighted by Crippen LogP contribution is 2.30. The molecule has 0 aliphatic heterocycles. The van der Waals surface area contributed by atoms with Crippen LogP contribution in [0.4, 0.5) is 0 Å². The van der Waals surface area contributed by atoms with Crippen LogP contribution < -0.4 is 5.73 Å². The van der Waals surface area contributed by atoms with Gasteiger partial charge in [-0.3, -0.25) is 0 Å². The van der Waals surface area contributed by atoms with Crippen LogP contribution in [0.5, 0.6) is 0 Å². The van der Waals surface area contributed by atoms with Crippen molar-refractivity contribution in [2.45, 2.75) is 23.7 Å². The van der Waals surface area contributed by atoms with Gasteiger partial charge in [-0.25, -0.2) is 9.97 Å². The molecule has 0 atom stereocenters. The van der Waals surface area contributed by atoms with Crippen molar-refractivity contribution in [3.05, 3.63) is 47.7 Å². The van der Waals surface area contributed by atoms with Crippen molar-refractivity contribution >= 4 is 22.9 Å². The van der Waals surface area contributed by atoms with Crippen molar-refractivity contribution in [1.29, 1.82) is 0 Å². The molecule has 0 unspecified atom stereocenters. The third-order valence-electron chi connectivity index (χ3n) is 2.78. The van der Waals surface area contributed by atoms with Gasteiger partial charge in [0, 0.05) is 12.7 Å². The molecule has 0 radical (unpaired) electrons. The second-order valence-corrected chi connectivity index (χ2v) is 5.16. The number of hydrogen-bond acceptors (Lipinski definition) is 5. The van der Waals surface area contributed by atoms with Gasteiger partial charge in [0.15, 0.2) is 5.58 Å². The SMILES string of the molecule is Cc1cc(CN)cnc1Sc1nc2ccccc2o1. The van der Waals surface area contributed by atoms with Gasteiger partial charge in [0.2, 0.25) is 0 Å². The topological polar surface area (TPSA) is 64.9 Å². The third-order valence-corrected chi connectivity index (χ3v) is 3.75.